The van der Waals surface area contributed by atoms with E-state index < -0.39 is 49.6 Å². The van der Waals surface area contributed by atoms with Crippen molar-refractivity contribution < 1.29 is 30.4 Å². The Morgan fingerprint density at radius 3 is 2.28 bits per heavy atom. The van der Waals surface area contributed by atoms with Gasteiger partial charge in [-0.25, -0.2) is 22.2 Å². The first-order chi connectivity index (χ1) is 13.3. The van der Waals surface area contributed by atoms with E-state index in [2.05, 4.69) is 9.97 Å². The van der Waals surface area contributed by atoms with Crippen molar-refractivity contribution in [1.29, 1.82) is 0 Å². The number of aryl methyl sites for hydroxylation is 1. The van der Waals surface area contributed by atoms with Crippen LogP contribution in [0.5, 0.6) is 0 Å². The van der Waals surface area contributed by atoms with Crippen molar-refractivity contribution in [1.82, 2.24) is 9.97 Å². The van der Waals surface area contributed by atoms with Crippen LogP contribution >= 0.6 is 11.6 Å². The number of benzene rings is 2. The highest BCUT2D eigenvalue weighted by atomic mass is 35.5. The average molecular weight is 451 g/mol. The second-order valence-electron chi connectivity index (χ2n) is 6.31. The molecule has 154 valence electrons. The van der Waals surface area contributed by atoms with Gasteiger partial charge in [-0.3, -0.25) is 0 Å². The third kappa shape index (κ3) is 4.13. The smallest absolute Gasteiger partial charge is 0.334 e. The molecule has 0 aliphatic heterocycles. The van der Waals surface area contributed by atoms with Crippen LogP contribution in [-0.4, -0.2) is 24.6 Å². The molecule has 0 amide bonds. The van der Waals surface area contributed by atoms with E-state index in [1.54, 1.807) is 13.0 Å². The van der Waals surface area contributed by atoms with Crippen molar-refractivity contribution in [2.75, 3.05) is 6.26 Å². The molecule has 4 nitrogen and oxygen atoms in total. The van der Waals surface area contributed by atoms with Gasteiger partial charge in [-0.15, -0.1) is 0 Å². The van der Waals surface area contributed by atoms with E-state index in [0.29, 0.717) is 24.0 Å². The van der Waals surface area contributed by atoms with E-state index in [1.165, 1.54) is 12.1 Å². The first kappa shape index (κ1) is 21.3. The Hall–Kier alpha value is -2.46. The van der Waals surface area contributed by atoms with Crippen LogP contribution < -0.4 is 0 Å². The molecule has 0 aliphatic carbocycles. The normalized spacial score (nSPS) is 12.4. The molecule has 11 heteroatoms. The summed E-state index contributed by atoms with van der Waals surface area (Å²) in [6.45, 7) is 1.68. The van der Waals surface area contributed by atoms with Gasteiger partial charge in [0.15, 0.2) is 9.84 Å². The molecule has 0 bridgehead atoms. The summed E-state index contributed by atoms with van der Waals surface area (Å²) >= 11 is 6.03. The molecule has 1 heterocycles. The summed E-state index contributed by atoms with van der Waals surface area (Å²) in [5.41, 5.74) is -0.598. The molecule has 0 saturated heterocycles. The molecule has 0 saturated carbocycles. The fourth-order valence-corrected chi connectivity index (χ4v) is 3.57. The van der Waals surface area contributed by atoms with Crippen LogP contribution in [0.2, 0.25) is 5.02 Å². The van der Waals surface area contributed by atoms with Gasteiger partial charge < -0.3 is 4.98 Å². The Morgan fingerprint density at radius 1 is 1.07 bits per heavy atom. The van der Waals surface area contributed by atoms with Gasteiger partial charge in [0.2, 0.25) is 5.82 Å². The molecule has 0 aliphatic rings. The van der Waals surface area contributed by atoms with Crippen LogP contribution in [0.25, 0.3) is 22.5 Å². The second kappa shape index (κ2) is 7.10. The van der Waals surface area contributed by atoms with Crippen molar-refractivity contribution in [3.05, 3.63) is 58.4 Å². The molecule has 0 atom stereocenters. The zero-order valence-corrected chi connectivity index (χ0v) is 16.4. The van der Waals surface area contributed by atoms with Crippen molar-refractivity contribution in [3.63, 3.8) is 0 Å². The Morgan fingerprint density at radius 2 is 1.72 bits per heavy atom. The van der Waals surface area contributed by atoms with Crippen LogP contribution in [0.1, 0.15) is 11.4 Å². The maximum absolute atomic E-state index is 14.6. The fourth-order valence-electron chi connectivity index (χ4n) is 2.65. The number of aromatic nitrogens is 2. The third-order valence-corrected chi connectivity index (χ3v) is 5.63. The van der Waals surface area contributed by atoms with Crippen LogP contribution in [-0.2, 0) is 16.0 Å². The number of hydrogen-bond donors (Lipinski definition) is 1. The van der Waals surface area contributed by atoms with Gasteiger partial charge in [-0.2, -0.15) is 13.2 Å². The molecule has 2 aromatic carbocycles. The number of alkyl halides is 3. The van der Waals surface area contributed by atoms with Crippen LogP contribution in [0.4, 0.5) is 22.0 Å². The number of sulfone groups is 1. The molecule has 3 aromatic rings. The lowest BCUT2D eigenvalue weighted by Crippen LogP contribution is -2.07. The topological polar surface area (TPSA) is 62.8 Å². The first-order valence-corrected chi connectivity index (χ1v) is 10.2. The number of imidazole rings is 1. The number of H-pyrrole nitrogens is 1. The summed E-state index contributed by atoms with van der Waals surface area (Å²) in [6.07, 6.45) is -4.20. The Labute approximate surface area is 167 Å². The van der Waals surface area contributed by atoms with Crippen molar-refractivity contribution in [2.24, 2.45) is 0 Å². The minimum absolute atomic E-state index is 0.158. The zero-order chi connectivity index (χ0) is 21.7. The predicted octanol–water partition coefficient (Wildman–Crippen LogP) is 5.41. The SMILES string of the molecule is Cc1ccc(-c2[nH]c(C(F)(F)F)nc2-c2cc(F)c(S(C)(=O)=O)cc2F)cc1Cl. The molecule has 0 fully saturated rings. The summed E-state index contributed by atoms with van der Waals surface area (Å²) in [5, 5.41) is 0.246. The molecule has 0 unspecified atom stereocenters. The maximum Gasteiger partial charge on any atom is 0.449 e. The maximum atomic E-state index is 14.6. The molecule has 0 spiro atoms. The van der Waals surface area contributed by atoms with Crippen LogP contribution in [0.15, 0.2) is 35.2 Å². The quantitative estimate of drug-likeness (QED) is 0.543. The van der Waals surface area contributed by atoms with E-state index >= 15 is 0 Å². The summed E-state index contributed by atoms with van der Waals surface area (Å²) in [5.74, 6) is -3.98. The zero-order valence-electron chi connectivity index (χ0n) is 14.8. The van der Waals surface area contributed by atoms with Crippen molar-refractivity contribution in [2.45, 2.75) is 18.0 Å². The molecule has 1 aromatic heterocycles. The fraction of sp³-hybridized carbons (Fsp3) is 0.167. The first-order valence-electron chi connectivity index (χ1n) is 7.92. The monoisotopic (exact) mass is 450 g/mol. The number of halogens is 6. The Kier molecular flexibility index (Phi) is 5.20. The van der Waals surface area contributed by atoms with E-state index in [-0.39, 0.29) is 16.3 Å². The summed E-state index contributed by atoms with van der Waals surface area (Å²) in [4.78, 5) is 4.56. The highest BCUT2D eigenvalue weighted by Crippen LogP contribution is 2.38. The van der Waals surface area contributed by atoms with Crippen molar-refractivity contribution >= 4 is 21.4 Å². The minimum atomic E-state index is -4.89. The lowest BCUT2D eigenvalue weighted by Gasteiger charge is -2.08. The third-order valence-electron chi connectivity index (χ3n) is 4.11. The summed E-state index contributed by atoms with van der Waals surface area (Å²) in [6, 6.07) is 5.25. The lowest BCUT2D eigenvalue weighted by atomic mass is 10.0. The molecule has 3 rings (SSSR count). The number of hydrogen-bond acceptors (Lipinski definition) is 3. The predicted molar refractivity (Wildman–Crippen MR) is 97.2 cm³/mol. The molecular weight excluding hydrogens is 439 g/mol. The van der Waals surface area contributed by atoms with Gasteiger partial charge in [0.05, 0.1) is 11.4 Å². The summed E-state index contributed by atoms with van der Waals surface area (Å²) in [7, 11) is -4.09. The molecular formula is C18H12ClF5N2O2S. The van der Waals surface area contributed by atoms with Gasteiger partial charge in [0.25, 0.3) is 0 Å². The van der Waals surface area contributed by atoms with Crippen LogP contribution in [0.3, 0.4) is 0 Å². The molecule has 29 heavy (non-hydrogen) atoms. The second-order valence-corrected chi connectivity index (χ2v) is 8.70. The van der Waals surface area contributed by atoms with Gasteiger partial charge in [0.1, 0.15) is 16.5 Å². The average Bonchev–Trinajstić information content (AvgIpc) is 3.03. The standard InChI is InChI=1S/C18H12ClF5N2O2S/c1-8-3-4-9(5-11(8)19)15-16(26-17(25-15)18(22,23)24)10-6-13(21)14(7-12(10)20)29(2,27)28/h3-7H,1-2H3,(H,25,26). The highest BCUT2D eigenvalue weighted by Gasteiger charge is 2.36. The van der Waals surface area contributed by atoms with Crippen molar-refractivity contribution in [3.8, 4) is 22.5 Å². The van der Waals surface area contributed by atoms with Gasteiger partial charge in [0, 0.05) is 22.4 Å². The number of rotatable bonds is 3. The van der Waals surface area contributed by atoms with Crippen LogP contribution in [0, 0.1) is 18.6 Å². The number of aromatic amines is 1. The number of nitrogens with one attached hydrogen (secondary N) is 1. The van der Waals surface area contributed by atoms with Gasteiger partial charge in [-0.1, -0.05) is 23.7 Å². The Bertz CT molecular complexity index is 1220. The van der Waals surface area contributed by atoms with Gasteiger partial charge in [-0.05, 0) is 30.7 Å². The minimum Gasteiger partial charge on any atom is -0.334 e. The molecule has 1 N–H and O–H groups in total. The van der Waals surface area contributed by atoms with E-state index in [0.717, 1.165) is 0 Å². The highest BCUT2D eigenvalue weighted by molar-refractivity contribution is 7.90. The lowest BCUT2D eigenvalue weighted by molar-refractivity contribution is -0.144. The Balaban J connectivity index is 2.30. The largest absolute Gasteiger partial charge is 0.449 e. The van der Waals surface area contributed by atoms with E-state index in [9.17, 15) is 30.4 Å². The van der Waals surface area contributed by atoms with E-state index in [4.69, 9.17) is 11.6 Å². The molecule has 0 radical (unpaired) electrons. The number of nitrogens with zero attached hydrogens (tertiary/aromatic N) is 1. The van der Waals surface area contributed by atoms with E-state index in [1.807, 2.05) is 0 Å². The van der Waals surface area contributed by atoms with Gasteiger partial charge >= 0.3 is 6.18 Å². The summed E-state index contributed by atoms with van der Waals surface area (Å²) < 4.78 is 91.6.